The molecule has 2 amide bonds. The lowest BCUT2D eigenvalue weighted by Crippen LogP contribution is -2.33. The van der Waals surface area contributed by atoms with E-state index in [0.29, 0.717) is 26.1 Å². The van der Waals surface area contributed by atoms with E-state index in [-0.39, 0.29) is 17.7 Å². The van der Waals surface area contributed by atoms with Gasteiger partial charge in [0.05, 0.1) is 5.92 Å². The summed E-state index contributed by atoms with van der Waals surface area (Å²) in [5.74, 6) is -0.258. The number of hydrogen-bond donors (Lipinski definition) is 1. The molecular formula is C20H23N3O2. The van der Waals surface area contributed by atoms with Gasteiger partial charge in [-0.15, -0.1) is 0 Å². The van der Waals surface area contributed by atoms with Crippen LogP contribution in [0.2, 0.25) is 0 Å². The fraction of sp³-hybridized carbons (Fsp3) is 0.350. The van der Waals surface area contributed by atoms with E-state index in [1.54, 1.807) is 17.3 Å². The number of aryl methyl sites for hydroxylation is 1. The highest BCUT2D eigenvalue weighted by molar-refractivity contribution is 5.89. The second-order valence-electron chi connectivity index (χ2n) is 6.56. The minimum atomic E-state index is -0.262. The number of carbonyl (C=O) groups is 2. The van der Waals surface area contributed by atoms with E-state index in [2.05, 4.69) is 41.5 Å². The Morgan fingerprint density at radius 2 is 2.04 bits per heavy atom. The van der Waals surface area contributed by atoms with Crippen LogP contribution in [0.25, 0.3) is 0 Å². The van der Waals surface area contributed by atoms with Gasteiger partial charge in [0.1, 0.15) is 0 Å². The topological polar surface area (TPSA) is 62.3 Å². The number of rotatable bonds is 6. The smallest absolute Gasteiger partial charge is 0.225 e. The van der Waals surface area contributed by atoms with Crippen molar-refractivity contribution < 1.29 is 9.59 Å². The predicted molar refractivity (Wildman–Crippen MR) is 95.7 cm³/mol. The molecule has 3 rings (SSSR count). The first kappa shape index (κ1) is 17.1. The first-order chi connectivity index (χ1) is 12.1. The molecule has 2 heterocycles. The quantitative estimate of drug-likeness (QED) is 0.878. The van der Waals surface area contributed by atoms with E-state index in [1.807, 2.05) is 12.1 Å². The van der Waals surface area contributed by atoms with Gasteiger partial charge in [0.15, 0.2) is 0 Å². The molecule has 1 aliphatic heterocycles. The van der Waals surface area contributed by atoms with Gasteiger partial charge < -0.3 is 10.2 Å². The predicted octanol–water partition coefficient (Wildman–Crippen LogP) is 2.10. The maximum atomic E-state index is 12.3. The highest BCUT2D eigenvalue weighted by atomic mass is 16.2. The number of nitrogens with zero attached hydrogens (tertiary/aromatic N) is 2. The molecule has 1 fully saturated rings. The number of aromatic nitrogens is 1. The average Bonchev–Trinajstić information content (AvgIpc) is 3.01. The number of likely N-dealkylation sites (tertiary alicyclic amines) is 1. The van der Waals surface area contributed by atoms with Gasteiger partial charge >= 0.3 is 0 Å². The van der Waals surface area contributed by atoms with Crippen LogP contribution in [0.1, 0.15) is 23.1 Å². The monoisotopic (exact) mass is 337 g/mol. The van der Waals surface area contributed by atoms with Gasteiger partial charge in [-0.25, -0.2) is 0 Å². The molecule has 1 aromatic heterocycles. The van der Waals surface area contributed by atoms with Gasteiger partial charge in [-0.3, -0.25) is 14.6 Å². The van der Waals surface area contributed by atoms with Crippen LogP contribution in [0.15, 0.2) is 48.8 Å². The lowest BCUT2D eigenvalue weighted by atomic mass is 10.1. The molecule has 1 aromatic carbocycles. The molecular weight excluding hydrogens is 314 g/mol. The van der Waals surface area contributed by atoms with Crippen LogP contribution in [0.5, 0.6) is 0 Å². The van der Waals surface area contributed by atoms with E-state index in [0.717, 1.165) is 12.0 Å². The summed E-state index contributed by atoms with van der Waals surface area (Å²) in [5.41, 5.74) is 3.39. The second kappa shape index (κ2) is 7.92. The van der Waals surface area contributed by atoms with E-state index in [1.165, 1.54) is 11.1 Å². The SMILES string of the molecule is Cc1ccc(CCN2C[C@@H](C(=O)NCc3cccnc3)CC2=O)cc1. The van der Waals surface area contributed by atoms with Crippen molar-refractivity contribution in [1.82, 2.24) is 15.2 Å². The fourth-order valence-corrected chi connectivity index (χ4v) is 3.02. The van der Waals surface area contributed by atoms with Crippen molar-refractivity contribution in [2.45, 2.75) is 26.3 Å². The lowest BCUT2D eigenvalue weighted by Gasteiger charge is -2.16. The van der Waals surface area contributed by atoms with Crippen LogP contribution in [0, 0.1) is 12.8 Å². The molecule has 5 nitrogen and oxygen atoms in total. The Hall–Kier alpha value is -2.69. The van der Waals surface area contributed by atoms with Gasteiger partial charge in [0.2, 0.25) is 11.8 Å². The van der Waals surface area contributed by atoms with Crippen molar-refractivity contribution in [1.29, 1.82) is 0 Å². The molecule has 0 radical (unpaired) electrons. The molecule has 130 valence electrons. The summed E-state index contributed by atoms with van der Waals surface area (Å²) < 4.78 is 0. The van der Waals surface area contributed by atoms with E-state index in [4.69, 9.17) is 0 Å². The maximum absolute atomic E-state index is 12.3. The molecule has 25 heavy (non-hydrogen) atoms. The third kappa shape index (κ3) is 4.66. The highest BCUT2D eigenvalue weighted by Gasteiger charge is 2.33. The van der Waals surface area contributed by atoms with Gasteiger partial charge in [0.25, 0.3) is 0 Å². The van der Waals surface area contributed by atoms with E-state index < -0.39 is 0 Å². The number of amides is 2. The first-order valence-corrected chi connectivity index (χ1v) is 8.62. The molecule has 0 unspecified atom stereocenters. The number of hydrogen-bond acceptors (Lipinski definition) is 3. The van der Waals surface area contributed by atoms with Crippen molar-refractivity contribution >= 4 is 11.8 Å². The minimum Gasteiger partial charge on any atom is -0.352 e. The zero-order chi connectivity index (χ0) is 17.6. The molecule has 0 aliphatic carbocycles. The van der Waals surface area contributed by atoms with Crippen molar-refractivity contribution in [3.05, 3.63) is 65.5 Å². The summed E-state index contributed by atoms with van der Waals surface area (Å²) in [7, 11) is 0. The summed E-state index contributed by atoms with van der Waals surface area (Å²) >= 11 is 0. The second-order valence-corrected chi connectivity index (χ2v) is 6.56. The van der Waals surface area contributed by atoms with Crippen molar-refractivity contribution in [3.63, 3.8) is 0 Å². The molecule has 1 saturated heterocycles. The Kier molecular flexibility index (Phi) is 5.43. The first-order valence-electron chi connectivity index (χ1n) is 8.62. The molecule has 0 spiro atoms. The molecule has 0 saturated carbocycles. The maximum Gasteiger partial charge on any atom is 0.225 e. The van der Waals surface area contributed by atoms with E-state index in [9.17, 15) is 9.59 Å². The number of nitrogens with one attached hydrogen (secondary N) is 1. The number of benzene rings is 1. The summed E-state index contributed by atoms with van der Waals surface area (Å²) in [5, 5.41) is 2.90. The lowest BCUT2D eigenvalue weighted by molar-refractivity contribution is -0.129. The van der Waals surface area contributed by atoms with Crippen LogP contribution in [-0.2, 0) is 22.6 Å². The van der Waals surface area contributed by atoms with Crippen LogP contribution >= 0.6 is 0 Å². The summed E-state index contributed by atoms with van der Waals surface area (Å²) in [6.07, 6.45) is 4.55. The molecule has 0 bridgehead atoms. The van der Waals surface area contributed by atoms with Crippen LogP contribution in [-0.4, -0.2) is 34.8 Å². The molecule has 1 aliphatic rings. The molecule has 1 N–H and O–H groups in total. The van der Waals surface area contributed by atoms with Crippen molar-refractivity contribution in [3.8, 4) is 0 Å². The van der Waals surface area contributed by atoms with Crippen LogP contribution in [0.4, 0.5) is 0 Å². The van der Waals surface area contributed by atoms with Crippen LogP contribution in [0.3, 0.4) is 0 Å². The van der Waals surface area contributed by atoms with Gasteiger partial charge in [-0.2, -0.15) is 0 Å². The largest absolute Gasteiger partial charge is 0.352 e. The zero-order valence-electron chi connectivity index (χ0n) is 14.4. The zero-order valence-corrected chi connectivity index (χ0v) is 14.4. The third-order valence-electron chi connectivity index (χ3n) is 4.57. The third-order valence-corrected chi connectivity index (χ3v) is 4.57. The fourth-order valence-electron chi connectivity index (χ4n) is 3.02. The summed E-state index contributed by atoms with van der Waals surface area (Å²) in [6, 6.07) is 12.1. The standard InChI is InChI=1S/C20H23N3O2/c1-15-4-6-16(7-5-15)8-10-23-14-18(11-19(23)24)20(25)22-13-17-3-2-9-21-12-17/h2-7,9,12,18H,8,10-11,13-14H2,1H3,(H,22,25)/t18-/m0/s1. The van der Waals surface area contributed by atoms with E-state index >= 15 is 0 Å². The molecule has 2 aromatic rings. The Morgan fingerprint density at radius 3 is 2.76 bits per heavy atom. The van der Waals surface area contributed by atoms with Crippen molar-refractivity contribution in [2.24, 2.45) is 5.92 Å². The van der Waals surface area contributed by atoms with Gasteiger partial charge in [-0.05, 0) is 30.5 Å². The Labute approximate surface area is 148 Å². The average molecular weight is 337 g/mol. The summed E-state index contributed by atoms with van der Waals surface area (Å²) in [4.78, 5) is 30.3. The Bertz CT molecular complexity index is 728. The molecule has 5 heteroatoms. The van der Waals surface area contributed by atoms with Crippen LogP contribution < -0.4 is 5.32 Å². The number of pyridine rings is 1. The highest BCUT2D eigenvalue weighted by Crippen LogP contribution is 2.19. The Morgan fingerprint density at radius 1 is 1.24 bits per heavy atom. The van der Waals surface area contributed by atoms with Crippen molar-refractivity contribution in [2.75, 3.05) is 13.1 Å². The molecule has 1 atom stereocenters. The normalized spacial score (nSPS) is 16.9. The Balaban J connectivity index is 1.48. The van der Waals surface area contributed by atoms with Gasteiger partial charge in [0, 0.05) is 38.4 Å². The summed E-state index contributed by atoms with van der Waals surface area (Å²) in [6.45, 7) is 3.67. The minimum absolute atomic E-state index is 0.0601. The van der Waals surface area contributed by atoms with Gasteiger partial charge in [-0.1, -0.05) is 35.9 Å². The number of carbonyl (C=O) groups excluding carboxylic acids is 2.